The van der Waals surface area contributed by atoms with Crippen molar-refractivity contribution < 1.29 is 17.9 Å². The van der Waals surface area contributed by atoms with Crippen molar-refractivity contribution in [1.82, 2.24) is 15.0 Å². The highest BCUT2D eigenvalue weighted by Gasteiger charge is 2.28. The molecular weight excluding hydrogens is 318 g/mol. The zero-order chi connectivity index (χ0) is 16.4. The van der Waals surface area contributed by atoms with E-state index in [1.807, 2.05) is 24.4 Å². The first-order valence-electron chi connectivity index (χ1n) is 7.33. The second-order valence-electron chi connectivity index (χ2n) is 5.66. The van der Waals surface area contributed by atoms with E-state index in [0.717, 1.165) is 5.56 Å². The van der Waals surface area contributed by atoms with E-state index in [2.05, 4.69) is 10.3 Å². The lowest BCUT2D eigenvalue weighted by Gasteiger charge is -2.08. The number of methoxy groups -OCH3 is 2. The Bertz CT molecular complexity index is 801. The molecular formula is C15H19N3O4S. The van der Waals surface area contributed by atoms with Crippen molar-refractivity contribution in [3.05, 3.63) is 24.4 Å². The van der Waals surface area contributed by atoms with E-state index < -0.39 is 9.84 Å². The van der Waals surface area contributed by atoms with Crippen LogP contribution in [0.1, 0.15) is 6.42 Å². The van der Waals surface area contributed by atoms with E-state index in [1.165, 1.54) is 0 Å². The van der Waals surface area contributed by atoms with Gasteiger partial charge >= 0.3 is 0 Å². The molecule has 0 spiro atoms. The summed E-state index contributed by atoms with van der Waals surface area (Å²) in [4.78, 5) is 0. The molecule has 0 N–H and O–H groups in total. The predicted octanol–water partition coefficient (Wildman–Crippen LogP) is 1.40. The molecule has 0 amide bonds. The van der Waals surface area contributed by atoms with Crippen LogP contribution in [0.15, 0.2) is 24.4 Å². The van der Waals surface area contributed by atoms with E-state index in [0.29, 0.717) is 30.2 Å². The van der Waals surface area contributed by atoms with Crippen LogP contribution >= 0.6 is 0 Å². The molecule has 1 saturated heterocycles. The molecule has 124 valence electrons. The van der Waals surface area contributed by atoms with Crippen molar-refractivity contribution in [2.75, 3.05) is 25.7 Å². The molecule has 0 radical (unpaired) electrons. The number of benzene rings is 1. The van der Waals surface area contributed by atoms with E-state index in [4.69, 9.17) is 9.47 Å². The average molecular weight is 337 g/mol. The highest BCUT2D eigenvalue weighted by atomic mass is 32.2. The second-order valence-corrected chi connectivity index (χ2v) is 7.89. The summed E-state index contributed by atoms with van der Waals surface area (Å²) >= 11 is 0. The lowest BCUT2D eigenvalue weighted by molar-refractivity contribution is 0.355. The minimum absolute atomic E-state index is 0.111. The zero-order valence-electron chi connectivity index (χ0n) is 13.1. The van der Waals surface area contributed by atoms with Gasteiger partial charge in [0.15, 0.2) is 21.3 Å². The smallest absolute Gasteiger partial charge is 0.161 e. The number of hydrogen-bond acceptors (Lipinski definition) is 6. The van der Waals surface area contributed by atoms with Crippen LogP contribution in [0.4, 0.5) is 0 Å². The number of ether oxygens (including phenoxy) is 2. The summed E-state index contributed by atoms with van der Waals surface area (Å²) in [6.45, 7) is 0.569. The van der Waals surface area contributed by atoms with Crippen LogP contribution in [-0.4, -0.2) is 49.1 Å². The Morgan fingerprint density at radius 2 is 2.04 bits per heavy atom. The Morgan fingerprint density at radius 3 is 2.70 bits per heavy atom. The van der Waals surface area contributed by atoms with Gasteiger partial charge in [0.2, 0.25) is 0 Å². The predicted molar refractivity (Wildman–Crippen MR) is 85.3 cm³/mol. The number of aromatic nitrogens is 3. The first-order valence-corrected chi connectivity index (χ1v) is 9.16. The molecule has 7 nitrogen and oxygen atoms in total. The van der Waals surface area contributed by atoms with Crippen molar-refractivity contribution in [2.45, 2.75) is 13.0 Å². The Labute approximate surface area is 135 Å². The van der Waals surface area contributed by atoms with Crippen LogP contribution in [0.3, 0.4) is 0 Å². The topological polar surface area (TPSA) is 83.3 Å². The Morgan fingerprint density at radius 1 is 1.26 bits per heavy atom. The fraction of sp³-hybridized carbons (Fsp3) is 0.467. The van der Waals surface area contributed by atoms with Crippen molar-refractivity contribution in [1.29, 1.82) is 0 Å². The van der Waals surface area contributed by atoms with Gasteiger partial charge in [0.05, 0.1) is 31.9 Å². The summed E-state index contributed by atoms with van der Waals surface area (Å²) in [7, 11) is 0.300. The van der Waals surface area contributed by atoms with Crippen LogP contribution in [0.5, 0.6) is 11.5 Å². The molecule has 1 fully saturated rings. The molecule has 1 aromatic carbocycles. The molecule has 0 bridgehead atoms. The monoisotopic (exact) mass is 337 g/mol. The van der Waals surface area contributed by atoms with Crippen LogP contribution in [0.25, 0.3) is 11.3 Å². The van der Waals surface area contributed by atoms with Gasteiger partial charge in [-0.2, -0.15) is 0 Å². The summed E-state index contributed by atoms with van der Waals surface area (Å²) in [5, 5.41) is 8.26. The summed E-state index contributed by atoms with van der Waals surface area (Å²) < 4.78 is 35.2. The first kappa shape index (κ1) is 15.8. The lowest BCUT2D eigenvalue weighted by Crippen LogP contribution is -2.12. The molecule has 1 aliphatic heterocycles. The summed E-state index contributed by atoms with van der Waals surface area (Å²) in [6.07, 6.45) is 2.51. The van der Waals surface area contributed by atoms with Crippen LogP contribution in [0, 0.1) is 5.92 Å². The second kappa shape index (κ2) is 6.19. The molecule has 1 aromatic heterocycles. The molecule has 8 heteroatoms. The minimum atomic E-state index is -2.87. The average Bonchev–Trinajstić information content (AvgIpc) is 3.13. The fourth-order valence-corrected chi connectivity index (χ4v) is 4.65. The Balaban J connectivity index is 1.77. The molecule has 23 heavy (non-hydrogen) atoms. The third-order valence-corrected chi connectivity index (χ3v) is 5.83. The SMILES string of the molecule is COc1ccc(-c2cn(C[C@H]3CCS(=O)(=O)C3)nn2)cc1OC. The van der Waals surface area contributed by atoms with Crippen molar-refractivity contribution >= 4 is 9.84 Å². The van der Waals surface area contributed by atoms with Gasteiger partial charge in [-0.05, 0) is 30.5 Å². The number of rotatable bonds is 5. The van der Waals surface area contributed by atoms with Gasteiger partial charge in [-0.1, -0.05) is 5.21 Å². The van der Waals surface area contributed by atoms with Gasteiger partial charge in [0.25, 0.3) is 0 Å². The maximum Gasteiger partial charge on any atom is 0.161 e. The zero-order valence-corrected chi connectivity index (χ0v) is 13.9. The van der Waals surface area contributed by atoms with E-state index >= 15 is 0 Å². The molecule has 0 saturated carbocycles. The molecule has 2 aromatic rings. The molecule has 2 heterocycles. The first-order chi connectivity index (χ1) is 11.0. The molecule has 0 unspecified atom stereocenters. The van der Waals surface area contributed by atoms with Crippen LogP contribution in [-0.2, 0) is 16.4 Å². The Hall–Kier alpha value is -2.09. The molecule has 3 rings (SSSR count). The largest absolute Gasteiger partial charge is 0.493 e. The number of hydrogen-bond donors (Lipinski definition) is 0. The Kier molecular flexibility index (Phi) is 4.25. The summed E-state index contributed by atoms with van der Waals surface area (Å²) in [5.74, 6) is 1.90. The standard InChI is InChI=1S/C15H19N3O4S/c1-21-14-4-3-12(7-15(14)22-2)13-9-18(17-16-13)8-11-5-6-23(19,20)10-11/h3-4,7,9,11H,5-6,8,10H2,1-2H3/t11-/m1/s1. The van der Waals surface area contributed by atoms with Gasteiger partial charge in [0, 0.05) is 12.1 Å². The van der Waals surface area contributed by atoms with Crippen LogP contribution in [0.2, 0.25) is 0 Å². The third-order valence-electron chi connectivity index (χ3n) is 3.99. The third kappa shape index (κ3) is 3.47. The van der Waals surface area contributed by atoms with Crippen LogP contribution < -0.4 is 9.47 Å². The normalized spacial score (nSPS) is 19.7. The number of nitrogens with zero attached hydrogens (tertiary/aromatic N) is 3. The lowest BCUT2D eigenvalue weighted by atomic mass is 10.1. The minimum Gasteiger partial charge on any atom is -0.493 e. The van der Waals surface area contributed by atoms with E-state index in [-0.39, 0.29) is 17.4 Å². The summed E-state index contributed by atoms with van der Waals surface area (Å²) in [6, 6.07) is 5.54. The fourth-order valence-electron chi connectivity index (χ4n) is 2.80. The van der Waals surface area contributed by atoms with Gasteiger partial charge in [-0.3, -0.25) is 4.68 Å². The van der Waals surface area contributed by atoms with Gasteiger partial charge in [-0.25, -0.2) is 8.42 Å². The maximum atomic E-state index is 11.5. The van der Waals surface area contributed by atoms with Crippen molar-refractivity contribution in [3.63, 3.8) is 0 Å². The quantitative estimate of drug-likeness (QED) is 0.820. The van der Waals surface area contributed by atoms with E-state index in [1.54, 1.807) is 18.9 Å². The maximum absolute atomic E-state index is 11.5. The van der Waals surface area contributed by atoms with Crippen molar-refractivity contribution in [3.8, 4) is 22.8 Å². The van der Waals surface area contributed by atoms with Crippen molar-refractivity contribution in [2.24, 2.45) is 5.92 Å². The van der Waals surface area contributed by atoms with E-state index in [9.17, 15) is 8.42 Å². The molecule has 0 aliphatic carbocycles. The summed E-state index contributed by atoms with van der Waals surface area (Å²) in [5.41, 5.74) is 1.58. The molecule has 1 atom stereocenters. The molecule has 1 aliphatic rings. The number of sulfone groups is 1. The van der Waals surface area contributed by atoms with Gasteiger partial charge in [-0.15, -0.1) is 5.10 Å². The highest BCUT2D eigenvalue weighted by Crippen LogP contribution is 2.31. The van der Waals surface area contributed by atoms with Gasteiger partial charge in [0.1, 0.15) is 5.69 Å². The highest BCUT2D eigenvalue weighted by molar-refractivity contribution is 7.91. The van der Waals surface area contributed by atoms with Gasteiger partial charge < -0.3 is 9.47 Å².